The zero-order chi connectivity index (χ0) is 20.9. The molecule has 2 rings (SSSR count). The Morgan fingerprint density at radius 2 is 2.07 bits per heavy atom. The predicted octanol–water partition coefficient (Wildman–Crippen LogP) is 4.12. The maximum Gasteiger partial charge on any atom is 0.434 e. The topological polar surface area (TPSA) is 79.5 Å². The molecule has 28 heavy (non-hydrogen) atoms. The summed E-state index contributed by atoms with van der Waals surface area (Å²) in [6.07, 6.45) is -1.54. The second kappa shape index (κ2) is 9.09. The van der Waals surface area contributed by atoms with Crippen LogP contribution < -0.4 is 16.4 Å². The number of nitrogens with two attached hydrogens (primary N) is 1. The zero-order valence-corrected chi connectivity index (χ0v) is 15.5. The van der Waals surface area contributed by atoms with Crippen LogP contribution in [0.2, 0.25) is 5.02 Å². The first-order chi connectivity index (χ1) is 13.1. The molecule has 0 spiro atoms. The minimum atomic E-state index is -4.96. The number of amides is 1. The number of aliphatic imine (C=N–C) groups is 1. The minimum Gasteiger partial charge on any atom is -0.404 e. The van der Waals surface area contributed by atoms with Crippen LogP contribution in [0.4, 0.5) is 23.2 Å². The van der Waals surface area contributed by atoms with Gasteiger partial charge in [0.2, 0.25) is 0 Å². The maximum atomic E-state index is 13.5. The van der Waals surface area contributed by atoms with E-state index >= 15 is 0 Å². The van der Waals surface area contributed by atoms with Gasteiger partial charge in [-0.15, -0.1) is 0 Å². The van der Waals surface area contributed by atoms with E-state index in [0.29, 0.717) is 6.20 Å². The number of hydrogen-bond donors (Lipinski definition) is 3. The van der Waals surface area contributed by atoms with Crippen molar-refractivity contribution in [1.82, 2.24) is 5.32 Å². The normalized spacial score (nSPS) is 15.8. The summed E-state index contributed by atoms with van der Waals surface area (Å²) in [5.74, 6) is -1.78. The fourth-order valence-electron chi connectivity index (χ4n) is 2.48. The summed E-state index contributed by atoms with van der Waals surface area (Å²) < 4.78 is 53.5. The van der Waals surface area contributed by atoms with Gasteiger partial charge in [-0.25, -0.2) is 9.38 Å². The van der Waals surface area contributed by atoms with Gasteiger partial charge in [0.25, 0.3) is 5.91 Å². The van der Waals surface area contributed by atoms with E-state index in [9.17, 15) is 22.4 Å². The van der Waals surface area contributed by atoms with Crippen molar-refractivity contribution in [2.45, 2.75) is 25.4 Å². The van der Waals surface area contributed by atoms with Crippen molar-refractivity contribution in [3.8, 4) is 0 Å². The molecule has 1 aliphatic rings. The van der Waals surface area contributed by atoms with Gasteiger partial charge in [0, 0.05) is 12.7 Å². The molecule has 1 aliphatic carbocycles. The Bertz CT molecular complexity index is 816. The third-order valence-corrected chi connectivity index (χ3v) is 4.48. The van der Waals surface area contributed by atoms with Crippen LogP contribution in [0, 0.1) is 11.7 Å². The molecule has 1 amide bonds. The Hall–Kier alpha value is -2.55. The Morgan fingerprint density at radius 3 is 2.57 bits per heavy atom. The lowest BCUT2D eigenvalue weighted by molar-refractivity contribution is -0.118. The van der Waals surface area contributed by atoms with Gasteiger partial charge in [-0.3, -0.25) is 4.79 Å². The summed E-state index contributed by atoms with van der Waals surface area (Å²) in [4.78, 5) is 15.6. The number of anilines is 1. The van der Waals surface area contributed by atoms with Crippen molar-refractivity contribution in [1.29, 1.82) is 0 Å². The lowest BCUT2D eigenvalue weighted by Gasteiger charge is -2.25. The molecule has 0 atom stereocenters. The number of alkyl halides is 3. The van der Waals surface area contributed by atoms with Crippen LogP contribution in [-0.4, -0.2) is 24.3 Å². The molecule has 0 unspecified atom stereocenters. The number of hydrogen-bond acceptors (Lipinski definition) is 4. The monoisotopic (exact) mass is 418 g/mol. The van der Waals surface area contributed by atoms with E-state index in [1.54, 1.807) is 0 Å². The molecule has 1 saturated carbocycles. The van der Waals surface area contributed by atoms with Crippen LogP contribution in [0.1, 0.15) is 19.3 Å². The fraction of sp³-hybridized carbons (Fsp3) is 0.333. The van der Waals surface area contributed by atoms with Gasteiger partial charge in [0.05, 0.1) is 16.3 Å². The molecule has 0 heterocycles. The van der Waals surface area contributed by atoms with E-state index < -0.39 is 35.0 Å². The van der Waals surface area contributed by atoms with Gasteiger partial charge in [-0.1, -0.05) is 24.6 Å². The zero-order valence-electron chi connectivity index (χ0n) is 14.7. The Morgan fingerprint density at radius 1 is 1.39 bits per heavy atom. The molecule has 1 aromatic rings. The summed E-state index contributed by atoms with van der Waals surface area (Å²) in [5, 5.41) is 4.82. The molecule has 10 heteroatoms. The van der Waals surface area contributed by atoms with Crippen molar-refractivity contribution in [3.63, 3.8) is 0 Å². The summed E-state index contributed by atoms with van der Waals surface area (Å²) in [7, 11) is 0. The molecule has 0 bridgehead atoms. The third kappa shape index (κ3) is 5.72. The van der Waals surface area contributed by atoms with Gasteiger partial charge in [-0.05, 0) is 37.0 Å². The third-order valence-electron chi connectivity index (χ3n) is 4.17. The first-order valence-corrected chi connectivity index (χ1v) is 8.77. The van der Waals surface area contributed by atoms with Crippen molar-refractivity contribution in [2.24, 2.45) is 16.6 Å². The Kier molecular flexibility index (Phi) is 7.06. The highest BCUT2D eigenvalue weighted by Crippen LogP contribution is 2.27. The molecule has 0 radical (unpaired) electrons. The van der Waals surface area contributed by atoms with Crippen molar-refractivity contribution in [2.75, 3.05) is 11.9 Å². The number of halogens is 5. The first-order valence-electron chi connectivity index (χ1n) is 8.39. The molecule has 152 valence electrons. The van der Waals surface area contributed by atoms with E-state index in [2.05, 4.69) is 22.2 Å². The summed E-state index contributed by atoms with van der Waals surface area (Å²) in [6.45, 7) is 3.66. The molecule has 0 aliphatic heterocycles. The molecule has 0 saturated heterocycles. The van der Waals surface area contributed by atoms with Gasteiger partial charge in [-0.2, -0.15) is 13.2 Å². The standard InChI is InChI=1S/C18H19ClF4N4O/c1-10(26-15-6-5-12(20)7-14(15)19)27-16(18(21,22)23)13(8-24)17(28)25-9-11-3-2-4-11/h5-8,11,26H,1-4,9,24H2,(H,25,28)/b13-8+,27-16?. The van der Waals surface area contributed by atoms with Gasteiger partial charge in [0.1, 0.15) is 11.6 Å². The van der Waals surface area contributed by atoms with Crippen LogP contribution in [0.25, 0.3) is 0 Å². The minimum absolute atomic E-state index is 0.0715. The average Bonchev–Trinajstić information content (AvgIpc) is 2.55. The summed E-state index contributed by atoms with van der Waals surface area (Å²) >= 11 is 5.82. The second-order valence-electron chi connectivity index (χ2n) is 6.24. The largest absolute Gasteiger partial charge is 0.434 e. The quantitative estimate of drug-likeness (QED) is 0.354. The first kappa shape index (κ1) is 21.7. The number of rotatable bonds is 7. The lowest BCUT2D eigenvalue weighted by atomic mass is 9.85. The number of carbonyl (C=O) groups excluding carboxylic acids is 1. The van der Waals surface area contributed by atoms with E-state index in [-0.39, 0.29) is 23.2 Å². The van der Waals surface area contributed by atoms with Crippen LogP contribution in [0.5, 0.6) is 0 Å². The molecular weight excluding hydrogens is 400 g/mol. The van der Waals surface area contributed by atoms with Gasteiger partial charge < -0.3 is 16.4 Å². The van der Waals surface area contributed by atoms with Gasteiger partial charge in [0.15, 0.2) is 5.71 Å². The van der Waals surface area contributed by atoms with Crippen molar-refractivity contribution < 1.29 is 22.4 Å². The van der Waals surface area contributed by atoms with Gasteiger partial charge >= 0.3 is 6.18 Å². The lowest BCUT2D eigenvalue weighted by Crippen LogP contribution is -2.38. The summed E-state index contributed by atoms with van der Waals surface area (Å²) in [6, 6.07) is 3.26. The van der Waals surface area contributed by atoms with Crippen LogP contribution in [-0.2, 0) is 4.79 Å². The van der Waals surface area contributed by atoms with E-state index in [4.69, 9.17) is 17.3 Å². The van der Waals surface area contributed by atoms with E-state index in [1.165, 1.54) is 6.07 Å². The van der Waals surface area contributed by atoms with E-state index in [1.807, 2.05) is 0 Å². The Labute approximate surface area is 164 Å². The SMILES string of the molecule is C=C(N=C(/C(=C\N)C(=O)NCC1CCC1)C(F)(F)F)Nc1ccc(F)cc1Cl. The van der Waals surface area contributed by atoms with Crippen molar-refractivity contribution >= 4 is 28.9 Å². The molecular formula is C18H19ClF4N4O. The molecule has 1 fully saturated rings. The highest BCUT2D eigenvalue weighted by atomic mass is 35.5. The van der Waals surface area contributed by atoms with Crippen LogP contribution >= 0.6 is 11.6 Å². The van der Waals surface area contributed by atoms with Crippen LogP contribution in [0.15, 0.2) is 47.4 Å². The molecule has 0 aromatic heterocycles. The number of nitrogens with one attached hydrogen (secondary N) is 2. The fourth-order valence-corrected chi connectivity index (χ4v) is 2.69. The average molecular weight is 419 g/mol. The highest BCUT2D eigenvalue weighted by molar-refractivity contribution is 6.33. The Balaban J connectivity index is 2.20. The smallest absolute Gasteiger partial charge is 0.404 e. The van der Waals surface area contributed by atoms with Crippen molar-refractivity contribution in [3.05, 3.63) is 53.2 Å². The van der Waals surface area contributed by atoms with E-state index in [0.717, 1.165) is 31.4 Å². The highest BCUT2D eigenvalue weighted by Gasteiger charge is 2.40. The maximum absolute atomic E-state index is 13.5. The molecule has 5 nitrogen and oxygen atoms in total. The molecule has 1 aromatic carbocycles. The molecule has 4 N–H and O–H groups in total. The second-order valence-corrected chi connectivity index (χ2v) is 6.65. The number of carbonyl (C=O) groups is 1. The summed E-state index contributed by atoms with van der Waals surface area (Å²) in [5.41, 5.74) is 3.06. The predicted molar refractivity (Wildman–Crippen MR) is 100 cm³/mol. The van der Waals surface area contributed by atoms with Crippen LogP contribution in [0.3, 0.4) is 0 Å². The number of benzene rings is 1. The number of nitrogens with zero attached hydrogens (tertiary/aromatic N) is 1.